The highest BCUT2D eigenvalue weighted by Crippen LogP contribution is 2.30. The van der Waals surface area contributed by atoms with Crippen LogP contribution in [-0.2, 0) is 12.0 Å². The molecule has 3 rings (SSSR count). The minimum Gasteiger partial charge on any atom is -0.329 e. The Morgan fingerprint density at radius 3 is 3.00 bits per heavy atom. The molecule has 0 aliphatic heterocycles. The molecule has 0 aliphatic carbocycles. The topological polar surface area (TPSA) is 33.6 Å². The first-order chi connectivity index (χ1) is 9.47. The number of halogens is 1. The second kappa shape index (κ2) is 4.98. The maximum Gasteiger partial charge on any atom is 0.179 e. The Bertz CT molecular complexity index is 800. The lowest BCUT2D eigenvalue weighted by Gasteiger charge is -2.23. The number of pyridine rings is 1. The zero-order valence-corrected chi connectivity index (χ0v) is 13.6. The van der Waals surface area contributed by atoms with E-state index in [1.165, 1.54) is 4.88 Å². The summed E-state index contributed by atoms with van der Waals surface area (Å²) in [5.41, 5.74) is 1.73. The Kier molecular flexibility index (Phi) is 3.44. The van der Waals surface area contributed by atoms with Crippen LogP contribution in [0.5, 0.6) is 0 Å². The van der Waals surface area contributed by atoms with Gasteiger partial charge in [-0.1, -0.05) is 31.5 Å². The van der Waals surface area contributed by atoms with Gasteiger partial charge in [0.15, 0.2) is 10.4 Å². The zero-order chi connectivity index (χ0) is 14.3. The van der Waals surface area contributed by atoms with Crippen molar-refractivity contribution in [2.75, 3.05) is 0 Å². The number of nitrogens with one attached hydrogen (secondary N) is 1. The summed E-state index contributed by atoms with van der Waals surface area (Å²) in [6.07, 6.45) is 1.65. The second-order valence-corrected chi connectivity index (χ2v) is 7.17. The van der Waals surface area contributed by atoms with Crippen molar-refractivity contribution >= 4 is 46.3 Å². The molecule has 3 aromatic heterocycles. The Balaban J connectivity index is 2.07. The molecule has 0 radical (unpaired) electrons. The van der Waals surface area contributed by atoms with Crippen LogP contribution in [0, 0.1) is 4.77 Å². The van der Waals surface area contributed by atoms with Crippen molar-refractivity contribution in [3.05, 3.63) is 44.4 Å². The molecule has 3 heterocycles. The van der Waals surface area contributed by atoms with E-state index in [9.17, 15) is 0 Å². The number of hydrogen-bond donors (Lipinski definition) is 1. The van der Waals surface area contributed by atoms with Gasteiger partial charge in [-0.05, 0) is 29.7 Å². The summed E-state index contributed by atoms with van der Waals surface area (Å²) >= 11 is 13.2. The van der Waals surface area contributed by atoms with E-state index in [-0.39, 0.29) is 5.41 Å². The summed E-state index contributed by atoms with van der Waals surface area (Å²) in [5, 5.41) is 2.71. The summed E-state index contributed by atoms with van der Waals surface area (Å²) < 4.78 is 2.72. The first-order valence-corrected chi connectivity index (χ1v) is 7.92. The fourth-order valence-corrected chi connectivity index (χ4v) is 3.56. The van der Waals surface area contributed by atoms with Gasteiger partial charge in [0.2, 0.25) is 0 Å². The molecule has 20 heavy (non-hydrogen) atoms. The zero-order valence-electron chi connectivity index (χ0n) is 11.2. The number of imidazole rings is 1. The summed E-state index contributed by atoms with van der Waals surface area (Å²) in [5.74, 6) is 0. The summed E-state index contributed by atoms with van der Waals surface area (Å²) in [6, 6.07) is 6.09. The summed E-state index contributed by atoms with van der Waals surface area (Å²) in [7, 11) is 0. The molecule has 0 atom stereocenters. The average Bonchev–Trinajstić information content (AvgIpc) is 2.99. The predicted molar refractivity (Wildman–Crippen MR) is 87.3 cm³/mol. The predicted octanol–water partition coefficient (Wildman–Crippen LogP) is 4.79. The third kappa shape index (κ3) is 2.41. The molecule has 3 nitrogen and oxygen atoms in total. The van der Waals surface area contributed by atoms with Crippen LogP contribution in [0.2, 0.25) is 5.02 Å². The molecular formula is C14H14ClN3S2. The highest BCUT2D eigenvalue weighted by atomic mass is 35.5. The lowest BCUT2D eigenvalue weighted by molar-refractivity contribution is 0.445. The Morgan fingerprint density at radius 1 is 1.50 bits per heavy atom. The van der Waals surface area contributed by atoms with Gasteiger partial charge < -0.3 is 9.55 Å². The van der Waals surface area contributed by atoms with Crippen molar-refractivity contribution in [2.45, 2.75) is 25.8 Å². The number of aromatic amines is 1. The normalized spacial score (nSPS) is 12.2. The molecule has 0 spiro atoms. The van der Waals surface area contributed by atoms with Gasteiger partial charge in [-0.2, -0.15) is 0 Å². The molecule has 0 aromatic carbocycles. The van der Waals surface area contributed by atoms with Gasteiger partial charge in [0.05, 0.1) is 10.5 Å². The summed E-state index contributed by atoms with van der Waals surface area (Å²) in [6.45, 7) is 5.21. The SMILES string of the molecule is CC(C)(Cn1c(=S)[nH]c2cc(Cl)cnc21)c1cccs1. The van der Waals surface area contributed by atoms with Crippen molar-refractivity contribution < 1.29 is 0 Å². The first-order valence-electron chi connectivity index (χ1n) is 6.25. The fourth-order valence-electron chi connectivity index (χ4n) is 2.30. The molecule has 0 unspecified atom stereocenters. The highest BCUT2D eigenvalue weighted by molar-refractivity contribution is 7.71. The fraction of sp³-hybridized carbons (Fsp3) is 0.286. The minimum absolute atomic E-state index is 0.00281. The van der Waals surface area contributed by atoms with Crippen LogP contribution in [0.1, 0.15) is 18.7 Å². The average molecular weight is 324 g/mol. The highest BCUT2D eigenvalue weighted by Gasteiger charge is 2.24. The molecule has 3 aromatic rings. The smallest absolute Gasteiger partial charge is 0.179 e. The molecule has 0 amide bonds. The largest absolute Gasteiger partial charge is 0.329 e. The lowest BCUT2D eigenvalue weighted by Crippen LogP contribution is -2.23. The molecular weight excluding hydrogens is 310 g/mol. The first kappa shape index (κ1) is 13.8. The number of thiophene rings is 1. The number of hydrogen-bond acceptors (Lipinski definition) is 3. The van der Waals surface area contributed by atoms with E-state index in [1.54, 1.807) is 17.5 Å². The van der Waals surface area contributed by atoms with E-state index in [1.807, 2.05) is 10.6 Å². The van der Waals surface area contributed by atoms with Crippen LogP contribution in [0.25, 0.3) is 11.2 Å². The third-order valence-corrected chi connectivity index (χ3v) is 5.08. The molecule has 0 bridgehead atoms. The van der Waals surface area contributed by atoms with Gasteiger partial charge in [0.25, 0.3) is 0 Å². The van der Waals surface area contributed by atoms with Crippen molar-refractivity contribution in [2.24, 2.45) is 0 Å². The van der Waals surface area contributed by atoms with Crippen LogP contribution in [0.4, 0.5) is 0 Å². The number of nitrogens with zero attached hydrogens (tertiary/aromatic N) is 2. The summed E-state index contributed by atoms with van der Waals surface area (Å²) in [4.78, 5) is 8.91. The van der Waals surface area contributed by atoms with Crippen LogP contribution in [0.3, 0.4) is 0 Å². The maximum absolute atomic E-state index is 5.97. The lowest BCUT2D eigenvalue weighted by atomic mass is 9.91. The maximum atomic E-state index is 5.97. The van der Waals surface area contributed by atoms with Crippen molar-refractivity contribution in [1.29, 1.82) is 0 Å². The number of aromatic nitrogens is 3. The molecule has 0 aliphatic rings. The Morgan fingerprint density at radius 2 is 2.30 bits per heavy atom. The van der Waals surface area contributed by atoms with E-state index in [0.717, 1.165) is 17.7 Å². The number of fused-ring (bicyclic) bond motifs is 1. The van der Waals surface area contributed by atoms with Crippen LogP contribution < -0.4 is 0 Å². The van der Waals surface area contributed by atoms with Gasteiger partial charge in [-0.3, -0.25) is 0 Å². The van der Waals surface area contributed by atoms with Crippen molar-refractivity contribution in [1.82, 2.24) is 14.5 Å². The standard InChI is InChI=1S/C14H14ClN3S2/c1-14(2,11-4-3-5-20-11)8-18-12-10(17-13(18)19)6-9(15)7-16-12/h3-7H,8H2,1-2H3,(H,17,19). The number of rotatable bonds is 3. The van der Waals surface area contributed by atoms with Gasteiger partial charge in [0, 0.05) is 23.0 Å². The van der Waals surface area contributed by atoms with Crippen LogP contribution in [0.15, 0.2) is 29.8 Å². The molecule has 6 heteroatoms. The Labute approximate surface area is 131 Å². The van der Waals surface area contributed by atoms with Gasteiger partial charge in [0.1, 0.15) is 0 Å². The molecule has 0 saturated carbocycles. The Hall–Kier alpha value is -1.17. The van der Waals surface area contributed by atoms with Crippen LogP contribution >= 0.6 is 35.2 Å². The van der Waals surface area contributed by atoms with Gasteiger partial charge in [-0.25, -0.2) is 4.98 Å². The third-order valence-electron chi connectivity index (χ3n) is 3.32. The molecule has 0 fully saturated rings. The van der Waals surface area contributed by atoms with Gasteiger partial charge >= 0.3 is 0 Å². The van der Waals surface area contributed by atoms with E-state index in [2.05, 4.69) is 41.3 Å². The minimum atomic E-state index is 0.00281. The van der Waals surface area contributed by atoms with E-state index in [4.69, 9.17) is 23.8 Å². The van der Waals surface area contributed by atoms with Crippen molar-refractivity contribution in [3.8, 4) is 0 Å². The molecule has 1 N–H and O–H groups in total. The number of H-pyrrole nitrogens is 1. The molecule has 104 valence electrons. The van der Waals surface area contributed by atoms with E-state index in [0.29, 0.717) is 9.79 Å². The molecule has 0 saturated heterocycles. The van der Waals surface area contributed by atoms with E-state index < -0.39 is 0 Å². The van der Waals surface area contributed by atoms with Crippen molar-refractivity contribution in [3.63, 3.8) is 0 Å². The van der Waals surface area contributed by atoms with E-state index >= 15 is 0 Å². The van der Waals surface area contributed by atoms with Crippen LogP contribution in [-0.4, -0.2) is 14.5 Å². The second-order valence-electron chi connectivity index (χ2n) is 5.40. The quantitative estimate of drug-likeness (QED) is 0.703. The monoisotopic (exact) mass is 323 g/mol. The van der Waals surface area contributed by atoms with Gasteiger partial charge in [-0.15, -0.1) is 11.3 Å².